The van der Waals surface area contributed by atoms with Crippen LogP contribution in [0.25, 0.3) is 0 Å². The third-order valence-electron chi connectivity index (χ3n) is 6.67. The fourth-order valence-electron chi connectivity index (χ4n) is 4.52. The fourth-order valence-corrected chi connectivity index (χ4v) is 5.08. The summed E-state index contributed by atoms with van der Waals surface area (Å²) in [6, 6.07) is 20.0. The van der Waals surface area contributed by atoms with Crippen LogP contribution < -0.4 is 10.1 Å². The number of ketones is 1. The molecule has 0 radical (unpaired) electrons. The summed E-state index contributed by atoms with van der Waals surface area (Å²) in [7, 11) is 0. The van der Waals surface area contributed by atoms with Gasteiger partial charge in [-0.2, -0.15) is 0 Å². The molecule has 3 aromatic carbocycles. The van der Waals surface area contributed by atoms with Gasteiger partial charge in [0.15, 0.2) is 5.78 Å². The maximum atomic E-state index is 12.1. The molecule has 0 unspecified atom stereocenters. The highest BCUT2D eigenvalue weighted by Crippen LogP contribution is 2.19. The first-order valence-electron chi connectivity index (χ1n) is 14.4. The summed E-state index contributed by atoms with van der Waals surface area (Å²) in [5.41, 5.74) is 1.74. The van der Waals surface area contributed by atoms with Crippen molar-refractivity contribution in [2.24, 2.45) is 0 Å². The lowest BCUT2D eigenvalue weighted by Crippen LogP contribution is -2.29. The number of phenols is 1. The van der Waals surface area contributed by atoms with E-state index in [-0.39, 0.29) is 35.2 Å². The van der Waals surface area contributed by atoms with Crippen LogP contribution >= 0.6 is 11.8 Å². The van der Waals surface area contributed by atoms with Crippen LogP contribution in [0.2, 0.25) is 0 Å². The summed E-state index contributed by atoms with van der Waals surface area (Å²) in [4.78, 5) is 37.2. The highest BCUT2D eigenvalue weighted by atomic mass is 32.2. The summed E-state index contributed by atoms with van der Waals surface area (Å²) in [5.74, 6) is 0.453. The molecule has 230 valence electrons. The number of rotatable bonds is 14. The molecule has 10 heteroatoms. The molecule has 3 aromatic rings. The number of nitrogens with one attached hydrogen (secondary N) is 1. The summed E-state index contributed by atoms with van der Waals surface area (Å²) in [6.07, 6.45) is 4.75. The number of aromatic carboxylic acids is 1. The molecule has 0 spiro atoms. The Morgan fingerprint density at radius 2 is 1.63 bits per heavy atom. The monoisotopic (exact) mass is 608 g/mol. The Labute approximate surface area is 256 Å². The molecule has 0 saturated carbocycles. The molecule has 0 atom stereocenters. The van der Waals surface area contributed by atoms with Gasteiger partial charge < -0.3 is 25.4 Å². The zero-order chi connectivity index (χ0) is 30.9. The predicted molar refractivity (Wildman–Crippen MR) is 168 cm³/mol. The molecule has 43 heavy (non-hydrogen) atoms. The number of thioether (sulfide) groups is 1. The van der Waals surface area contributed by atoms with Crippen LogP contribution in [0, 0.1) is 0 Å². The number of ether oxygens (including phenoxy) is 1. The van der Waals surface area contributed by atoms with Crippen molar-refractivity contribution in [1.29, 1.82) is 0 Å². The van der Waals surface area contributed by atoms with Crippen molar-refractivity contribution in [1.82, 2.24) is 10.2 Å². The van der Waals surface area contributed by atoms with Crippen LogP contribution in [0.3, 0.4) is 0 Å². The van der Waals surface area contributed by atoms with E-state index in [1.165, 1.54) is 86.1 Å². The second kappa shape index (κ2) is 18.6. The number of amides is 1. The lowest BCUT2D eigenvalue weighted by Gasteiger charge is -2.26. The lowest BCUT2D eigenvalue weighted by atomic mass is 9.98. The quantitative estimate of drug-likeness (QED) is 0.153. The number of phenolic OH excluding ortho intramolecular Hbond substituents is 1. The van der Waals surface area contributed by atoms with Gasteiger partial charge in [0.05, 0.1) is 24.5 Å². The van der Waals surface area contributed by atoms with E-state index in [1.807, 2.05) is 6.07 Å². The Balaban J connectivity index is 0.000000248. The normalized spacial score (nSPS) is 13.0. The molecule has 1 amide bonds. The standard InChI is InChI=1S/C19H30N2O3S.C14H10O4/c22-11-13-25-16-19(23)20-8-5-12-24-18-7-4-6-17(14-18)15-21-9-2-1-3-10-21;15-10-7-5-9(6-8-10)13(16)11-3-1-2-4-12(11)14(17)18/h4,6-7,14,22H,1-3,5,8-13,15-16H2,(H,20,23);1-8,15H,(H,17,18). The number of nitrogens with zero attached hydrogens (tertiary/aromatic N) is 1. The third-order valence-corrected chi connectivity index (χ3v) is 7.60. The first-order valence-corrected chi connectivity index (χ1v) is 15.6. The summed E-state index contributed by atoms with van der Waals surface area (Å²) >= 11 is 1.44. The molecule has 4 N–H and O–H groups in total. The van der Waals surface area contributed by atoms with Gasteiger partial charge in [-0.05, 0) is 80.4 Å². The molecule has 1 aliphatic heterocycles. The van der Waals surface area contributed by atoms with Crippen LogP contribution in [0.1, 0.15) is 57.5 Å². The highest BCUT2D eigenvalue weighted by molar-refractivity contribution is 7.99. The van der Waals surface area contributed by atoms with E-state index < -0.39 is 5.97 Å². The van der Waals surface area contributed by atoms with Crippen molar-refractivity contribution in [3.8, 4) is 11.5 Å². The topological polar surface area (TPSA) is 136 Å². The Bertz CT molecular complexity index is 1310. The molecular weight excluding hydrogens is 568 g/mol. The Kier molecular flexibility index (Phi) is 14.6. The maximum Gasteiger partial charge on any atom is 0.336 e. The average molecular weight is 609 g/mol. The van der Waals surface area contributed by atoms with Gasteiger partial charge >= 0.3 is 5.97 Å². The lowest BCUT2D eigenvalue weighted by molar-refractivity contribution is -0.118. The molecule has 1 fully saturated rings. The fraction of sp³-hybridized carbons (Fsp3) is 0.364. The maximum absolute atomic E-state index is 12.1. The van der Waals surface area contributed by atoms with Crippen molar-refractivity contribution in [2.45, 2.75) is 32.2 Å². The minimum Gasteiger partial charge on any atom is -0.508 e. The Hall–Kier alpha value is -3.86. The molecule has 1 heterocycles. The van der Waals surface area contributed by atoms with Gasteiger partial charge in [-0.15, -0.1) is 11.8 Å². The minimum atomic E-state index is -1.14. The smallest absolute Gasteiger partial charge is 0.336 e. The van der Waals surface area contributed by atoms with Gasteiger partial charge in [-0.3, -0.25) is 14.5 Å². The van der Waals surface area contributed by atoms with E-state index in [2.05, 4.69) is 28.4 Å². The van der Waals surface area contributed by atoms with Crippen LogP contribution in [-0.2, 0) is 11.3 Å². The Morgan fingerprint density at radius 1 is 0.907 bits per heavy atom. The van der Waals surface area contributed by atoms with Gasteiger partial charge in [-0.1, -0.05) is 36.8 Å². The molecule has 0 aromatic heterocycles. The Morgan fingerprint density at radius 3 is 2.33 bits per heavy atom. The largest absolute Gasteiger partial charge is 0.508 e. The number of carbonyl (C=O) groups excluding carboxylic acids is 2. The van der Waals surface area contributed by atoms with Crippen LogP contribution in [0.5, 0.6) is 11.5 Å². The van der Waals surface area contributed by atoms with Gasteiger partial charge in [0.1, 0.15) is 11.5 Å². The van der Waals surface area contributed by atoms with Crippen LogP contribution in [-0.4, -0.2) is 82.2 Å². The SMILES string of the molecule is O=C(CSCCO)NCCCOc1cccc(CN2CCCCC2)c1.O=C(O)c1ccccc1C(=O)c1ccc(O)cc1. The van der Waals surface area contributed by atoms with E-state index in [0.717, 1.165) is 18.7 Å². The number of carbonyl (C=O) groups is 3. The first kappa shape index (κ1) is 33.6. The second-order valence-corrected chi connectivity index (χ2v) is 11.1. The zero-order valence-corrected chi connectivity index (χ0v) is 25.1. The number of aliphatic hydroxyl groups is 1. The zero-order valence-electron chi connectivity index (χ0n) is 24.2. The number of carboxylic acids is 1. The molecule has 0 bridgehead atoms. The molecule has 4 rings (SSSR count). The summed E-state index contributed by atoms with van der Waals surface area (Å²) in [6.45, 7) is 4.72. The molecule has 0 aliphatic carbocycles. The number of aliphatic hydroxyl groups excluding tert-OH is 1. The number of hydrogen-bond donors (Lipinski definition) is 4. The van der Waals surface area contributed by atoms with E-state index in [1.54, 1.807) is 12.1 Å². The van der Waals surface area contributed by atoms with Crippen molar-refractivity contribution in [3.63, 3.8) is 0 Å². The van der Waals surface area contributed by atoms with E-state index in [0.29, 0.717) is 30.2 Å². The number of likely N-dealkylation sites (tertiary alicyclic amines) is 1. The molecule has 1 saturated heterocycles. The van der Waals surface area contributed by atoms with Crippen LogP contribution in [0.4, 0.5) is 0 Å². The molecule has 9 nitrogen and oxygen atoms in total. The van der Waals surface area contributed by atoms with Crippen molar-refractivity contribution >= 4 is 29.4 Å². The third kappa shape index (κ3) is 12.1. The first-order chi connectivity index (χ1) is 20.9. The van der Waals surface area contributed by atoms with Gasteiger partial charge in [0.25, 0.3) is 0 Å². The van der Waals surface area contributed by atoms with Crippen LogP contribution in [0.15, 0.2) is 72.8 Å². The van der Waals surface area contributed by atoms with Crippen molar-refractivity contribution in [2.75, 3.05) is 44.4 Å². The van der Waals surface area contributed by atoms with Crippen molar-refractivity contribution in [3.05, 3.63) is 95.1 Å². The number of piperidine rings is 1. The van der Waals surface area contributed by atoms with Gasteiger partial charge in [0, 0.05) is 30.0 Å². The minimum absolute atomic E-state index is 0.0157. The van der Waals surface area contributed by atoms with E-state index in [9.17, 15) is 14.4 Å². The van der Waals surface area contributed by atoms with E-state index >= 15 is 0 Å². The van der Waals surface area contributed by atoms with Crippen molar-refractivity contribution < 1.29 is 34.4 Å². The van der Waals surface area contributed by atoms with Gasteiger partial charge in [-0.25, -0.2) is 4.79 Å². The second-order valence-electron chi connectivity index (χ2n) is 10.0. The summed E-state index contributed by atoms with van der Waals surface area (Å²) < 4.78 is 5.81. The molecule has 1 aliphatic rings. The van der Waals surface area contributed by atoms with E-state index in [4.69, 9.17) is 20.1 Å². The van der Waals surface area contributed by atoms with Gasteiger partial charge in [0.2, 0.25) is 5.91 Å². The number of aromatic hydroxyl groups is 1. The number of benzene rings is 3. The molecular formula is C33H40N2O7S. The number of carboxylic acid groups (broad SMARTS) is 1. The predicted octanol–water partition coefficient (Wildman–Crippen LogP) is 4.60. The highest BCUT2D eigenvalue weighted by Gasteiger charge is 2.17. The average Bonchev–Trinajstić information content (AvgIpc) is 3.02. The number of hydrogen-bond acceptors (Lipinski definition) is 8. The summed E-state index contributed by atoms with van der Waals surface area (Å²) in [5, 5.41) is 29.7.